The Morgan fingerprint density at radius 2 is 2.04 bits per heavy atom. The molecule has 1 heterocycles. The van der Waals surface area contributed by atoms with E-state index in [0.717, 1.165) is 24.4 Å². The molecule has 0 aromatic heterocycles. The third-order valence-electron chi connectivity index (χ3n) is 5.36. The van der Waals surface area contributed by atoms with Gasteiger partial charge in [-0.3, -0.25) is 9.69 Å². The van der Waals surface area contributed by atoms with Crippen molar-refractivity contribution in [1.29, 1.82) is 0 Å². The van der Waals surface area contributed by atoms with Crippen LogP contribution in [0.4, 0.5) is 5.69 Å². The summed E-state index contributed by atoms with van der Waals surface area (Å²) in [6.45, 7) is 8.98. The summed E-state index contributed by atoms with van der Waals surface area (Å²) in [5.74, 6) is 0.713. The molecule has 2 rings (SSSR count). The zero-order valence-electron chi connectivity index (χ0n) is 16.7. The molecular formula is C21H34N2O3. The Labute approximate surface area is 158 Å². The summed E-state index contributed by atoms with van der Waals surface area (Å²) in [6, 6.07) is 8.21. The van der Waals surface area contributed by atoms with E-state index in [1.54, 1.807) is 7.11 Å². The molecule has 26 heavy (non-hydrogen) atoms. The van der Waals surface area contributed by atoms with E-state index < -0.39 is 5.60 Å². The lowest BCUT2D eigenvalue weighted by molar-refractivity contribution is -0.136. The molecular weight excluding hydrogens is 328 g/mol. The van der Waals surface area contributed by atoms with E-state index in [4.69, 9.17) is 9.47 Å². The molecule has 1 amide bonds. The van der Waals surface area contributed by atoms with Gasteiger partial charge in [0.05, 0.1) is 0 Å². The first-order chi connectivity index (χ1) is 12.5. The molecule has 1 saturated heterocycles. The number of hydrogen-bond donors (Lipinski definition) is 1. The average molecular weight is 363 g/mol. The zero-order chi connectivity index (χ0) is 19.0. The summed E-state index contributed by atoms with van der Waals surface area (Å²) in [7, 11) is 1.58. The second-order valence-electron chi connectivity index (χ2n) is 7.39. The molecule has 0 spiro atoms. The largest absolute Gasteiger partial charge is 0.492 e. The van der Waals surface area contributed by atoms with Crippen LogP contribution in [-0.4, -0.2) is 49.3 Å². The van der Waals surface area contributed by atoms with Gasteiger partial charge < -0.3 is 14.8 Å². The minimum atomic E-state index is -0.797. The molecule has 0 bridgehead atoms. The van der Waals surface area contributed by atoms with Crippen LogP contribution in [0.2, 0.25) is 0 Å². The standard InChI is InChI=1S/C21H34N2O3/c1-5-13-21(3,25-4)20(24)22-18-9-11-19(12-10-18)26-16-15-23-14-7-6-8-17(23)2/h9-12,17H,5-8,13-16H2,1-4H3,(H,22,24)/t17-,21+/m0/s1. The van der Waals surface area contributed by atoms with Gasteiger partial charge in [0, 0.05) is 25.4 Å². The molecule has 1 aliphatic rings. The highest BCUT2D eigenvalue weighted by molar-refractivity contribution is 5.97. The number of nitrogens with zero attached hydrogens (tertiary/aromatic N) is 1. The van der Waals surface area contributed by atoms with Crippen LogP contribution in [0.3, 0.4) is 0 Å². The van der Waals surface area contributed by atoms with Crippen LogP contribution in [0.25, 0.3) is 0 Å². The molecule has 5 nitrogen and oxygen atoms in total. The first kappa shape index (κ1) is 20.7. The number of carbonyl (C=O) groups excluding carboxylic acids is 1. The fourth-order valence-corrected chi connectivity index (χ4v) is 3.45. The van der Waals surface area contributed by atoms with Crippen molar-refractivity contribution in [3.8, 4) is 5.75 Å². The topological polar surface area (TPSA) is 50.8 Å². The molecule has 1 fully saturated rings. The number of likely N-dealkylation sites (tertiary alicyclic amines) is 1. The van der Waals surface area contributed by atoms with Crippen molar-refractivity contribution in [3.63, 3.8) is 0 Å². The molecule has 0 unspecified atom stereocenters. The van der Waals surface area contributed by atoms with Crippen molar-refractivity contribution in [2.75, 3.05) is 32.1 Å². The van der Waals surface area contributed by atoms with Crippen LogP contribution >= 0.6 is 0 Å². The molecule has 1 aromatic carbocycles. The smallest absolute Gasteiger partial charge is 0.256 e. The SMILES string of the molecule is CCC[C@@](C)(OC)C(=O)Nc1ccc(OCCN2CCCC[C@@H]2C)cc1. The lowest BCUT2D eigenvalue weighted by Crippen LogP contribution is -2.41. The first-order valence-corrected chi connectivity index (χ1v) is 9.82. The third-order valence-corrected chi connectivity index (χ3v) is 5.36. The molecule has 1 aromatic rings. The van der Waals surface area contributed by atoms with E-state index in [0.29, 0.717) is 19.1 Å². The van der Waals surface area contributed by atoms with Crippen LogP contribution in [-0.2, 0) is 9.53 Å². The molecule has 146 valence electrons. The Bertz CT molecular complexity index is 561. The summed E-state index contributed by atoms with van der Waals surface area (Å²) < 4.78 is 11.3. The van der Waals surface area contributed by atoms with Gasteiger partial charge in [-0.05, 0) is 63.9 Å². The van der Waals surface area contributed by atoms with Gasteiger partial charge in [-0.15, -0.1) is 0 Å². The summed E-state index contributed by atoms with van der Waals surface area (Å²) in [5, 5.41) is 2.93. The van der Waals surface area contributed by atoms with Crippen LogP contribution in [0, 0.1) is 0 Å². The summed E-state index contributed by atoms with van der Waals surface area (Å²) in [4.78, 5) is 14.9. The minimum absolute atomic E-state index is 0.116. The number of carbonyl (C=O) groups is 1. The molecule has 2 atom stereocenters. The number of rotatable bonds is 9. The molecule has 0 saturated carbocycles. The van der Waals surface area contributed by atoms with E-state index >= 15 is 0 Å². The molecule has 0 radical (unpaired) electrons. The number of nitrogens with one attached hydrogen (secondary N) is 1. The Kier molecular flexibility index (Phi) is 7.91. The van der Waals surface area contributed by atoms with E-state index in [2.05, 4.69) is 17.1 Å². The van der Waals surface area contributed by atoms with Crippen molar-refractivity contribution in [3.05, 3.63) is 24.3 Å². The first-order valence-electron chi connectivity index (χ1n) is 9.82. The van der Waals surface area contributed by atoms with Crippen LogP contribution in [0.5, 0.6) is 5.75 Å². The van der Waals surface area contributed by atoms with E-state index in [1.807, 2.05) is 38.1 Å². The van der Waals surface area contributed by atoms with Crippen LogP contribution in [0.1, 0.15) is 52.9 Å². The van der Waals surface area contributed by atoms with Gasteiger partial charge in [-0.25, -0.2) is 0 Å². The number of methoxy groups -OCH3 is 1. The number of benzene rings is 1. The molecule has 0 aliphatic carbocycles. The van der Waals surface area contributed by atoms with Gasteiger partial charge in [0.25, 0.3) is 5.91 Å². The van der Waals surface area contributed by atoms with Gasteiger partial charge in [0.2, 0.25) is 0 Å². The number of anilines is 1. The van der Waals surface area contributed by atoms with Crippen molar-refractivity contribution < 1.29 is 14.3 Å². The fourth-order valence-electron chi connectivity index (χ4n) is 3.45. The minimum Gasteiger partial charge on any atom is -0.492 e. The maximum atomic E-state index is 12.4. The average Bonchev–Trinajstić information content (AvgIpc) is 2.64. The number of piperidine rings is 1. The second-order valence-corrected chi connectivity index (χ2v) is 7.39. The maximum absolute atomic E-state index is 12.4. The van der Waals surface area contributed by atoms with E-state index in [-0.39, 0.29) is 5.91 Å². The van der Waals surface area contributed by atoms with Crippen LogP contribution in [0.15, 0.2) is 24.3 Å². The number of ether oxygens (including phenoxy) is 2. The van der Waals surface area contributed by atoms with E-state index in [1.165, 1.54) is 25.8 Å². The highest BCUT2D eigenvalue weighted by Gasteiger charge is 2.32. The second kappa shape index (κ2) is 9.93. The number of hydrogen-bond acceptors (Lipinski definition) is 4. The lowest BCUT2D eigenvalue weighted by atomic mass is 9.99. The summed E-state index contributed by atoms with van der Waals surface area (Å²) in [5.41, 5.74) is -0.0407. The normalized spacial score (nSPS) is 20.4. The Morgan fingerprint density at radius 1 is 1.31 bits per heavy atom. The van der Waals surface area contributed by atoms with Gasteiger partial charge in [-0.2, -0.15) is 0 Å². The Balaban J connectivity index is 1.81. The third kappa shape index (κ3) is 5.71. The van der Waals surface area contributed by atoms with Crippen molar-refractivity contribution >= 4 is 11.6 Å². The maximum Gasteiger partial charge on any atom is 0.256 e. The van der Waals surface area contributed by atoms with Crippen molar-refractivity contribution in [1.82, 2.24) is 4.90 Å². The van der Waals surface area contributed by atoms with Gasteiger partial charge in [-0.1, -0.05) is 19.8 Å². The molecule has 1 N–H and O–H groups in total. The quantitative estimate of drug-likeness (QED) is 0.719. The molecule has 5 heteroatoms. The number of amides is 1. The monoisotopic (exact) mass is 362 g/mol. The Hall–Kier alpha value is -1.59. The van der Waals surface area contributed by atoms with E-state index in [9.17, 15) is 4.79 Å². The predicted molar refractivity (Wildman–Crippen MR) is 106 cm³/mol. The predicted octanol–water partition coefficient (Wildman–Crippen LogP) is 4.08. The van der Waals surface area contributed by atoms with Gasteiger partial charge in [0.1, 0.15) is 18.0 Å². The molecule has 1 aliphatic heterocycles. The summed E-state index contributed by atoms with van der Waals surface area (Å²) >= 11 is 0. The highest BCUT2D eigenvalue weighted by Crippen LogP contribution is 2.22. The van der Waals surface area contributed by atoms with Crippen molar-refractivity contribution in [2.45, 2.75) is 64.5 Å². The summed E-state index contributed by atoms with van der Waals surface area (Å²) in [6.07, 6.45) is 5.49. The van der Waals surface area contributed by atoms with Gasteiger partial charge >= 0.3 is 0 Å². The van der Waals surface area contributed by atoms with Crippen LogP contribution < -0.4 is 10.1 Å². The fraction of sp³-hybridized carbons (Fsp3) is 0.667. The van der Waals surface area contributed by atoms with Crippen molar-refractivity contribution in [2.24, 2.45) is 0 Å². The highest BCUT2D eigenvalue weighted by atomic mass is 16.5. The lowest BCUT2D eigenvalue weighted by Gasteiger charge is -2.33. The zero-order valence-corrected chi connectivity index (χ0v) is 16.7. The van der Waals surface area contributed by atoms with Gasteiger partial charge in [0.15, 0.2) is 0 Å². The Morgan fingerprint density at radius 3 is 2.65 bits per heavy atom.